The van der Waals surface area contributed by atoms with Crippen LogP contribution in [0.3, 0.4) is 0 Å². The van der Waals surface area contributed by atoms with Crippen LogP contribution < -0.4 is 5.73 Å². The fourth-order valence-corrected chi connectivity index (χ4v) is 5.03. The third-order valence-electron chi connectivity index (χ3n) is 6.68. The number of nitrogens with zero attached hydrogens (tertiary/aromatic N) is 4. The smallest absolute Gasteiger partial charge is 0.146 e. The maximum atomic E-state index is 10.9. The van der Waals surface area contributed by atoms with Gasteiger partial charge in [-0.2, -0.15) is 0 Å². The molecule has 1 atom stereocenters. The molecule has 0 bridgehead atoms. The minimum Gasteiger partial charge on any atom is -0.396 e. The molecule has 6 rings (SSSR count). The Labute approximate surface area is 161 Å². The van der Waals surface area contributed by atoms with Gasteiger partial charge in [0, 0.05) is 29.8 Å². The Hall–Kier alpha value is -2.45. The number of aliphatic hydroxyl groups excluding tert-OH is 2. The second kappa shape index (κ2) is 5.78. The van der Waals surface area contributed by atoms with Crippen LogP contribution in [0.4, 0.5) is 5.82 Å². The van der Waals surface area contributed by atoms with E-state index in [1.807, 2.05) is 0 Å². The van der Waals surface area contributed by atoms with Gasteiger partial charge in [0.25, 0.3) is 0 Å². The van der Waals surface area contributed by atoms with Crippen molar-refractivity contribution in [1.82, 2.24) is 19.7 Å². The summed E-state index contributed by atoms with van der Waals surface area (Å²) in [6.07, 6.45) is 6.23. The molecule has 0 spiro atoms. The monoisotopic (exact) mass is 381 g/mol. The van der Waals surface area contributed by atoms with E-state index in [2.05, 4.69) is 19.7 Å². The first-order valence-corrected chi connectivity index (χ1v) is 10.1. The highest BCUT2D eigenvalue weighted by Crippen LogP contribution is 2.52. The van der Waals surface area contributed by atoms with Crippen LogP contribution in [-0.2, 0) is 6.42 Å². The van der Waals surface area contributed by atoms with Gasteiger partial charge in [-0.25, -0.2) is 9.97 Å². The number of hydrogen-bond donors (Lipinski definition) is 3. The first-order chi connectivity index (χ1) is 13.7. The molecular weight excluding hydrogens is 358 g/mol. The van der Waals surface area contributed by atoms with Gasteiger partial charge in [-0.15, -0.1) is 0 Å². The number of nitrogens with two attached hydrogens (primary N) is 1. The minimum absolute atomic E-state index is 0.214. The van der Waals surface area contributed by atoms with Gasteiger partial charge in [0.15, 0.2) is 0 Å². The Morgan fingerprint density at radius 3 is 2.79 bits per heavy atom. The molecule has 2 saturated carbocycles. The lowest BCUT2D eigenvalue weighted by Crippen LogP contribution is -2.30. The van der Waals surface area contributed by atoms with Gasteiger partial charge >= 0.3 is 0 Å². The van der Waals surface area contributed by atoms with E-state index in [4.69, 9.17) is 10.3 Å². The van der Waals surface area contributed by atoms with E-state index in [9.17, 15) is 10.2 Å². The largest absolute Gasteiger partial charge is 0.396 e. The fourth-order valence-electron chi connectivity index (χ4n) is 5.03. The molecule has 0 aliphatic heterocycles. The van der Waals surface area contributed by atoms with E-state index < -0.39 is 6.10 Å². The Morgan fingerprint density at radius 2 is 2.04 bits per heavy atom. The van der Waals surface area contributed by atoms with Gasteiger partial charge < -0.3 is 25.0 Å². The molecule has 0 aromatic carbocycles. The quantitative estimate of drug-likeness (QED) is 0.637. The standard InChI is InChI=1S/C20H23N5O3/c21-19-16-14-12(25(20(16)23-8-22-19)11-5-9(6-11)7-26)3-4-13(27)15-17(14)24-28-18(15)10-1-2-10/h8-11,13,26-27H,1-7H2,(H2,21,22,23)/t9-,11+,13?. The van der Waals surface area contributed by atoms with Crippen LogP contribution in [0.2, 0.25) is 0 Å². The van der Waals surface area contributed by atoms with Crippen molar-refractivity contribution in [2.45, 2.75) is 56.6 Å². The summed E-state index contributed by atoms with van der Waals surface area (Å²) in [7, 11) is 0. The molecule has 3 aromatic rings. The molecule has 4 N–H and O–H groups in total. The second-order valence-electron chi connectivity index (χ2n) is 8.46. The van der Waals surface area contributed by atoms with Crippen LogP contribution in [0, 0.1) is 5.92 Å². The van der Waals surface area contributed by atoms with Gasteiger partial charge in [0.1, 0.15) is 29.2 Å². The first kappa shape index (κ1) is 16.5. The maximum Gasteiger partial charge on any atom is 0.146 e. The topological polar surface area (TPSA) is 123 Å². The lowest BCUT2D eigenvalue weighted by molar-refractivity contribution is 0.112. The first-order valence-electron chi connectivity index (χ1n) is 10.1. The predicted octanol–water partition coefficient (Wildman–Crippen LogP) is 2.47. The molecule has 146 valence electrons. The van der Waals surface area contributed by atoms with Crippen molar-refractivity contribution in [1.29, 1.82) is 0 Å². The average Bonchev–Trinajstić information content (AvgIpc) is 3.35. The van der Waals surface area contributed by atoms with Crippen LogP contribution in [0.25, 0.3) is 22.3 Å². The van der Waals surface area contributed by atoms with E-state index >= 15 is 0 Å². The molecule has 3 aliphatic rings. The summed E-state index contributed by atoms with van der Waals surface area (Å²) in [5.74, 6) is 1.95. The fraction of sp³-hybridized carbons (Fsp3) is 0.550. The summed E-state index contributed by atoms with van der Waals surface area (Å²) in [5, 5.41) is 25.6. The normalized spacial score (nSPS) is 26.6. The number of aromatic nitrogens is 4. The van der Waals surface area contributed by atoms with Crippen molar-refractivity contribution < 1.29 is 14.7 Å². The van der Waals surface area contributed by atoms with Crippen molar-refractivity contribution in [2.24, 2.45) is 5.92 Å². The Morgan fingerprint density at radius 1 is 1.21 bits per heavy atom. The maximum absolute atomic E-state index is 10.9. The van der Waals surface area contributed by atoms with Crippen molar-refractivity contribution in [3.05, 3.63) is 23.3 Å². The van der Waals surface area contributed by atoms with Gasteiger partial charge in [0.05, 0.1) is 17.1 Å². The molecule has 0 amide bonds. The third kappa shape index (κ3) is 2.15. The van der Waals surface area contributed by atoms with Crippen LogP contribution in [0.5, 0.6) is 0 Å². The van der Waals surface area contributed by atoms with Crippen molar-refractivity contribution in [3.63, 3.8) is 0 Å². The molecule has 1 unspecified atom stereocenters. The molecule has 3 aliphatic carbocycles. The summed E-state index contributed by atoms with van der Waals surface area (Å²) < 4.78 is 7.98. The molecule has 8 nitrogen and oxygen atoms in total. The van der Waals surface area contributed by atoms with Gasteiger partial charge in [0.2, 0.25) is 0 Å². The summed E-state index contributed by atoms with van der Waals surface area (Å²) >= 11 is 0. The van der Waals surface area contributed by atoms with E-state index in [0.29, 0.717) is 36.2 Å². The van der Waals surface area contributed by atoms with Crippen molar-refractivity contribution in [3.8, 4) is 11.3 Å². The lowest BCUT2D eigenvalue weighted by atomic mass is 9.80. The summed E-state index contributed by atoms with van der Waals surface area (Å²) in [6.45, 7) is 0.214. The zero-order valence-electron chi connectivity index (χ0n) is 15.5. The second-order valence-corrected chi connectivity index (χ2v) is 8.46. The highest BCUT2D eigenvalue weighted by atomic mass is 16.5. The van der Waals surface area contributed by atoms with Gasteiger partial charge in [-0.1, -0.05) is 5.16 Å². The van der Waals surface area contributed by atoms with E-state index in [-0.39, 0.29) is 12.6 Å². The molecular formula is C20H23N5O3. The Bertz CT molecular complexity index is 1080. The molecule has 3 heterocycles. The Balaban J connectivity index is 1.62. The number of rotatable bonds is 3. The number of aliphatic hydroxyl groups is 2. The number of fused-ring (bicyclic) bond motifs is 5. The van der Waals surface area contributed by atoms with Crippen molar-refractivity contribution in [2.75, 3.05) is 12.3 Å². The molecule has 0 radical (unpaired) electrons. The van der Waals surface area contributed by atoms with Gasteiger partial charge in [-0.3, -0.25) is 0 Å². The summed E-state index contributed by atoms with van der Waals surface area (Å²) in [5.41, 5.74) is 10.7. The zero-order valence-corrected chi connectivity index (χ0v) is 15.5. The summed E-state index contributed by atoms with van der Waals surface area (Å²) in [4.78, 5) is 8.80. The van der Waals surface area contributed by atoms with E-state index in [0.717, 1.165) is 59.3 Å². The molecule has 0 saturated heterocycles. The predicted molar refractivity (Wildman–Crippen MR) is 102 cm³/mol. The lowest BCUT2D eigenvalue weighted by Gasteiger charge is -2.36. The zero-order chi connectivity index (χ0) is 19.0. The van der Waals surface area contributed by atoms with E-state index in [1.165, 1.54) is 6.33 Å². The average molecular weight is 381 g/mol. The minimum atomic E-state index is -0.592. The van der Waals surface area contributed by atoms with Crippen LogP contribution in [0.15, 0.2) is 10.9 Å². The van der Waals surface area contributed by atoms with Crippen LogP contribution >= 0.6 is 0 Å². The highest BCUT2D eigenvalue weighted by Gasteiger charge is 2.41. The van der Waals surface area contributed by atoms with Crippen molar-refractivity contribution >= 4 is 16.9 Å². The highest BCUT2D eigenvalue weighted by molar-refractivity contribution is 6.02. The number of anilines is 1. The molecule has 3 aromatic heterocycles. The van der Waals surface area contributed by atoms with Crippen LogP contribution in [-0.4, -0.2) is 36.5 Å². The van der Waals surface area contributed by atoms with Gasteiger partial charge in [-0.05, 0) is 44.4 Å². The SMILES string of the molecule is Nc1ncnc2c1c1c(n2[C@H]2C[C@@H](CO)C2)CCC(O)c2c-1noc2C1CC1. The number of nitrogen functional groups attached to an aromatic ring is 1. The number of hydrogen-bond acceptors (Lipinski definition) is 7. The molecule has 8 heteroatoms. The molecule has 2 fully saturated rings. The Kier molecular flexibility index (Phi) is 3.40. The van der Waals surface area contributed by atoms with E-state index in [1.54, 1.807) is 0 Å². The third-order valence-corrected chi connectivity index (χ3v) is 6.68. The summed E-state index contributed by atoms with van der Waals surface area (Å²) in [6, 6.07) is 0.270. The van der Waals surface area contributed by atoms with Crippen LogP contribution in [0.1, 0.15) is 67.2 Å². The molecule has 28 heavy (non-hydrogen) atoms.